The first kappa shape index (κ1) is 69.7. The highest BCUT2D eigenvalue weighted by molar-refractivity contribution is 7.91. The van der Waals surface area contributed by atoms with E-state index >= 15 is 0 Å². The number of amides is 2. The number of rotatable bonds is 27. The van der Waals surface area contributed by atoms with Gasteiger partial charge < -0.3 is 32.3 Å². The number of aryl methyl sites for hydroxylation is 1. The molecule has 2 amide bonds. The Kier molecular flexibility index (Phi) is 21.5. The van der Waals surface area contributed by atoms with Crippen molar-refractivity contribution >= 4 is 177 Å². The summed E-state index contributed by atoms with van der Waals surface area (Å²) in [4.78, 5) is 34.9. The fourth-order valence-corrected chi connectivity index (χ4v) is 12.5. The summed E-state index contributed by atoms with van der Waals surface area (Å²) >= 11 is 12.3. The molecule has 0 saturated carbocycles. The highest BCUT2D eigenvalue weighted by Crippen LogP contribution is 2.35. The van der Waals surface area contributed by atoms with Gasteiger partial charge in [-0.3, -0.25) is 18.2 Å². The Morgan fingerprint density at radius 3 is 1.37 bits per heavy atom. The summed E-state index contributed by atoms with van der Waals surface area (Å²) in [7, 11) is -27.8. The molecule has 93 heavy (non-hydrogen) atoms. The highest BCUT2D eigenvalue weighted by atomic mass is 35.5. The van der Waals surface area contributed by atoms with Crippen LogP contribution < -0.4 is 32.3 Å². The van der Waals surface area contributed by atoms with Crippen molar-refractivity contribution in [2.75, 3.05) is 51.3 Å². The Labute approximate surface area is 538 Å². The number of azo groups is 2. The normalized spacial score (nSPS) is 12.5. The summed E-state index contributed by atoms with van der Waals surface area (Å²) in [5, 5.41) is 29.8. The van der Waals surface area contributed by atoms with E-state index in [9.17, 15) is 64.4 Å². The van der Waals surface area contributed by atoms with Gasteiger partial charge in [-0.05, 0) is 150 Å². The maximum absolute atomic E-state index is 12.8. The molecule has 8 aromatic rings. The lowest BCUT2D eigenvalue weighted by atomic mass is 10.1. The highest BCUT2D eigenvalue weighted by Gasteiger charge is 2.22. The van der Waals surface area contributed by atoms with Crippen LogP contribution >= 0.6 is 23.2 Å². The molecule has 6 aromatic carbocycles. The van der Waals surface area contributed by atoms with Gasteiger partial charge in [0.1, 0.15) is 15.5 Å². The first-order chi connectivity index (χ1) is 43.5. The molecule has 0 aliphatic heterocycles. The predicted molar refractivity (Wildman–Crippen MR) is 335 cm³/mol. The molecule has 2 heterocycles. The van der Waals surface area contributed by atoms with Gasteiger partial charge in [0.05, 0.1) is 57.3 Å². The number of urea groups is 1. The second kappa shape index (κ2) is 28.8. The van der Waals surface area contributed by atoms with Gasteiger partial charge in [-0.15, -0.1) is 5.11 Å². The number of aromatic nitrogens is 6. The number of benzene rings is 6. The fraction of sp³-hybridized carbons (Fsp3) is 0.100. The Morgan fingerprint density at radius 2 is 0.914 bits per heavy atom. The quantitative estimate of drug-likeness (QED) is 0.0130. The first-order valence-electron chi connectivity index (χ1n) is 25.4. The maximum atomic E-state index is 12.8. The third-order valence-electron chi connectivity index (χ3n) is 11.8. The van der Waals surface area contributed by atoms with E-state index in [1.54, 1.807) is 25.1 Å². The summed E-state index contributed by atoms with van der Waals surface area (Å²) in [6.07, 6.45) is 2.28. The van der Waals surface area contributed by atoms with Gasteiger partial charge in [0, 0.05) is 22.7 Å². The number of nitrogens with one attached hydrogen (secondary N) is 5. The van der Waals surface area contributed by atoms with Crippen molar-refractivity contribution in [2.45, 2.75) is 26.5 Å². The van der Waals surface area contributed by atoms with Crippen molar-refractivity contribution < 1.29 is 81.9 Å². The zero-order chi connectivity index (χ0) is 67.7. The van der Waals surface area contributed by atoms with E-state index in [1.165, 1.54) is 91.0 Å². The number of hydrogen-bond donors (Lipinski definition) is 10. The van der Waals surface area contributed by atoms with Crippen LogP contribution in [-0.2, 0) is 69.1 Å². The Hall–Kier alpha value is -9.21. The van der Waals surface area contributed by atoms with Gasteiger partial charge in [-0.1, -0.05) is 30.4 Å². The molecule has 0 radical (unpaired) electrons. The average Bonchev–Trinajstić information content (AvgIpc) is 0.863. The van der Waals surface area contributed by atoms with Crippen molar-refractivity contribution in [1.82, 2.24) is 29.9 Å². The smallest absolute Gasteiger partial charge is 0.351 e. The van der Waals surface area contributed by atoms with Crippen LogP contribution in [0.4, 0.5) is 79.8 Å². The van der Waals surface area contributed by atoms with E-state index in [1.807, 2.05) is 0 Å². The molecule has 35 nitrogen and oxygen atoms in total. The van der Waals surface area contributed by atoms with E-state index < -0.39 is 101 Å². The largest absolute Gasteiger partial charge is 0.397 e. The third kappa shape index (κ3) is 20.6. The summed E-state index contributed by atoms with van der Waals surface area (Å²) < 4.78 is 191. The number of hydrogen-bond acceptors (Lipinski definition) is 29. The Balaban J connectivity index is 0.931. The van der Waals surface area contributed by atoms with Gasteiger partial charge in [0.25, 0.3) is 20.2 Å². The molecule has 0 spiro atoms. The molecule has 0 fully saturated rings. The fourth-order valence-electron chi connectivity index (χ4n) is 7.76. The topological polar surface area (TPSA) is 534 Å². The summed E-state index contributed by atoms with van der Waals surface area (Å²) in [6.45, 7) is 0.0156. The van der Waals surface area contributed by atoms with Crippen molar-refractivity contribution in [1.29, 1.82) is 0 Å². The van der Waals surface area contributed by atoms with Crippen LogP contribution in [0.15, 0.2) is 161 Å². The molecule has 2 aromatic heterocycles. The van der Waals surface area contributed by atoms with E-state index in [2.05, 4.69) is 85.3 Å². The number of nitrogens with two attached hydrogens (primary N) is 1. The zero-order valence-corrected chi connectivity index (χ0v) is 53.1. The van der Waals surface area contributed by atoms with Crippen LogP contribution in [0.2, 0.25) is 10.6 Å². The van der Waals surface area contributed by atoms with Gasteiger partial charge >= 0.3 is 26.8 Å². The van der Waals surface area contributed by atoms with Crippen LogP contribution in [0.5, 0.6) is 0 Å². The molecule has 0 aliphatic carbocycles. The summed E-state index contributed by atoms with van der Waals surface area (Å²) in [5.41, 5.74) is 6.77. The van der Waals surface area contributed by atoms with E-state index in [0.717, 1.165) is 24.3 Å². The van der Waals surface area contributed by atoms with E-state index in [-0.39, 0.29) is 89.4 Å². The lowest BCUT2D eigenvalue weighted by molar-refractivity contribution is 0.259. The number of carbonyl (C=O) groups is 1. The minimum absolute atomic E-state index is 0.0182. The Bertz CT molecular complexity index is 5040. The second-order valence-corrected chi connectivity index (χ2v) is 28.4. The number of nitrogens with zero attached hydrogens (tertiary/aromatic N) is 10. The van der Waals surface area contributed by atoms with Gasteiger partial charge in [0.2, 0.25) is 34.4 Å². The minimum Gasteiger partial charge on any atom is -0.351 e. The van der Waals surface area contributed by atoms with Gasteiger partial charge in [-0.2, -0.15) is 78.9 Å². The monoisotopic (exact) mass is 1430 g/mol. The van der Waals surface area contributed by atoms with E-state index in [4.69, 9.17) is 38.0 Å². The first-order valence-corrected chi connectivity index (χ1v) is 35.1. The lowest BCUT2D eigenvalue weighted by Gasteiger charge is -2.12. The van der Waals surface area contributed by atoms with Crippen LogP contribution in [0.1, 0.15) is 16.7 Å². The van der Waals surface area contributed by atoms with Crippen LogP contribution in [0.3, 0.4) is 0 Å². The van der Waals surface area contributed by atoms with Crippen LogP contribution in [0.25, 0.3) is 12.2 Å². The molecule has 0 bridgehead atoms. The standard InChI is InChI=1S/C50H44Cl2N16O19S6/c1-28-23-33(56-49-61-44(51)59-47(63-49)54-31-11-15-37(16-12-31)88(70,71)21-19-86-92(80,81)82)13-17-39(28)67-65-35-9-7-29(42(26-35)90(74,75)76)5-6-30-8-10-36(27-43(30)91(77,78)79)66-68-40-18-14-34(25-41(40)58-46(53)69)57-50-62-45(52)60-48(64-50)55-32-3-2-4-38(24-32)89(72,73)22-20-87-93(83,84)85/h2-18,23-27H,19-22H2,1H3,(H3,53,58,69)(H,74,75,76)(H,77,78,79)(H,80,81,82)(H,83,84,85)(H2,54,56,59,61,63)(H2,55,57,60,62,64)/b6-5+,67-65?,68-66?. The number of primary amides is 1. The molecule has 8 rings (SSSR count). The third-order valence-corrected chi connectivity index (χ3v) is 18.3. The molecule has 488 valence electrons. The molecule has 0 unspecified atom stereocenters. The van der Waals surface area contributed by atoms with E-state index in [0.29, 0.717) is 22.6 Å². The molecule has 43 heteroatoms. The number of anilines is 9. The molecule has 0 atom stereocenters. The van der Waals surface area contributed by atoms with Crippen LogP contribution in [-0.4, -0.2) is 129 Å². The summed E-state index contributed by atoms with van der Waals surface area (Å²) in [5.74, 6) is -1.95. The van der Waals surface area contributed by atoms with Crippen molar-refractivity contribution in [3.05, 3.63) is 149 Å². The van der Waals surface area contributed by atoms with Crippen molar-refractivity contribution in [2.24, 2.45) is 26.2 Å². The SMILES string of the molecule is Cc1cc(Nc2nc(Cl)nc(Nc3ccc(S(=O)(=O)CCOS(=O)(=O)O)cc3)n2)ccc1N=Nc1ccc(/C=C/c2ccc(N=Nc3ccc(Nc4nc(Cl)nc(Nc5cccc(S(=O)(=O)CCOS(=O)(=O)O)c5)n4)cc3NC(N)=O)cc2S(=O)(=O)O)c(S(=O)(=O)O)c1. The van der Waals surface area contributed by atoms with Crippen LogP contribution in [0, 0.1) is 6.92 Å². The second-order valence-electron chi connectivity index (χ2n) is 18.5. The number of halogens is 2. The number of carbonyl (C=O) groups excluding carboxylic acids is 1. The molecule has 0 aliphatic rings. The maximum Gasteiger partial charge on any atom is 0.397 e. The summed E-state index contributed by atoms with van der Waals surface area (Å²) in [6, 6.07) is 25.3. The molecule has 11 N–H and O–H groups in total. The van der Waals surface area contributed by atoms with Crippen molar-refractivity contribution in [3.8, 4) is 0 Å². The molecule has 0 saturated heterocycles. The Morgan fingerprint density at radius 1 is 0.495 bits per heavy atom. The molecular weight excluding hydrogens is 1390 g/mol. The zero-order valence-electron chi connectivity index (χ0n) is 46.7. The number of sulfone groups is 2. The minimum atomic E-state index is -5.03. The average molecular weight is 1440 g/mol. The van der Waals surface area contributed by atoms with Crippen molar-refractivity contribution in [3.63, 3.8) is 0 Å². The predicted octanol–water partition coefficient (Wildman–Crippen LogP) is 8.82. The van der Waals surface area contributed by atoms with Gasteiger partial charge in [-0.25, -0.2) is 30.0 Å². The lowest BCUT2D eigenvalue weighted by Crippen LogP contribution is -2.19. The molecular formula is C50H44Cl2N16O19S6. The van der Waals surface area contributed by atoms with Gasteiger partial charge in [0.15, 0.2) is 19.7 Å².